The van der Waals surface area contributed by atoms with E-state index in [1.54, 1.807) is 11.0 Å². The maximum Gasteiger partial charge on any atom is 0.410 e. The van der Waals surface area contributed by atoms with Gasteiger partial charge in [0.25, 0.3) is 0 Å². The van der Waals surface area contributed by atoms with E-state index in [0.717, 1.165) is 16.7 Å². The minimum atomic E-state index is -0.838. The Morgan fingerprint density at radius 1 is 1.40 bits per heavy atom. The Bertz CT molecular complexity index is 539. The number of carbonyl (C=O) groups excluding carboxylic acids is 1. The SMILES string of the molecule is C=CCOC(=O)N1CCc2cc(CC(=O)O)ccc2C1. The summed E-state index contributed by atoms with van der Waals surface area (Å²) in [6.45, 7) is 4.79. The molecule has 0 spiro atoms. The number of hydrogen-bond donors (Lipinski definition) is 1. The summed E-state index contributed by atoms with van der Waals surface area (Å²) in [4.78, 5) is 24.1. The predicted octanol–water partition coefficient (Wildman–Crippen LogP) is 1.99. The predicted molar refractivity (Wildman–Crippen MR) is 73.4 cm³/mol. The number of aliphatic carboxylic acids is 1. The molecule has 1 aromatic carbocycles. The Morgan fingerprint density at radius 3 is 2.90 bits per heavy atom. The van der Waals surface area contributed by atoms with Gasteiger partial charge in [-0.2, -0.15) is 0 Å². The number of carboxylic acid groups (broad SMARTS) is 1. The van der Waals surface area contributed by atoms with Crippen molar-refractivity contribution in [3.63, 3.8) is 0 Å². The zero-order chi connectivity index (χ0) is 14.5. The van der Waals surface area contributed by atoms with Crippen molar-refractivity contribution >= 4 is 12.1 Å². The first-order valence-electron chi connectivity index (χ1n) is 6.45. The summed E-state index contributed by atoms with van der Waals surface area (Å²) in [6, 6.07) is 5.60. The number of carboxylic acids is 1. The second-order valence-electron chi connectivity index (χ2n) is 4.71. The molecule has 0 aromatic heterocycles. The van der Waals surface area contributed by atoms with Gasteiger partial charge in [0.2, 0.25) is 0 Å². The van der Waals surface area contributed by atoms with Crippen molar-refractivity contribution in [1.82, 2.24) is 4.90 Å². The summed E-state index contributed by atoms with van der Waals surface area (Å²) in [5.41, 5.74) is 2.94. The summed E-state index contributed by atoms with van der Waals surface area (Å²) < 4.78 is 5.01. The molecule has 1 aliphatic heterocycles. The van der Waals surface area contributed by atoms with Gasteiger partial charge in [0.15, 0.2) is 0 Å². The molecule has 0 atom stereocenters. The number of benzene rings is 1. The number of fused-ring (bicyclic) bond motifs is 1. The monoisotopic (exact) mass is 275 g/mol. The minimum absolute atomic E-state index is 0.0262. The van der Waals surface area contributed by atoms with Crippen LogP contribution in [0, 0.1) is 0 Å². The van der Waals surface area contributed by atoms with Gasteiger partial charge in [-0.1, -0.05) is 30.9 Å². The Kier molecular flexibility index (Phi) is 4.40. The Labute approximate surface area is 117 Å². The van der Waals surface area contributed by atoms with Crippen molar-refractivity contribution in [1.29, 1.82) is 0 Å². The second-order valence-corrected chi connectivity index (χ2v) is 4.71. The summed E-state index contributed by atoms with van der Waals surface area (Å²) in [6.07, 6.45) is 1.93. The smallest absolute Gasteiger partial charge is 0.410 e. The molecule has 5 heteroatoms. The van der Waals surface area contributed by atoms with Gasteiger partial charge in [-0.15, -0.1) is 0 Å². The van der Waals surface area contributed by atoms with E-state index in [9.17, 15) is 9.59 Å². The molecule has 1 aliphatic rings. The van der Waals surface area contributed by atoms with E-state index >= 15 is 0 Å². The first kappa shape index (κ1) is 14.1. The number of rotatable bonds is 4. The molecule has 20 heavy (non-hydrogen) atoms. The zero-order valence-electron chi connectivity index (χ0n) is 11.2. The van der Waals surface area contributed by atoms with Crippen molar-refractivity contribution in [2.45, 2.75) is 19.4 Å². The molecule has 2 rings (SSSR count). The van der Waals surface area contributed by atoms with Gasteiger partial charge in [-0.3, -0.25) is 4.79 Å². The lowest BCUT2D eigenvalue weighted by Gasteiger charge is -2.28. The molecule has 5 nitrogen and oxygen atoms in total. The zero-order valence-corrected chi connectivity index (χ0v) is 11.2. The third kappa shape index (κ3) is 3.38. The van der Waals surface area contributed by atoms with Gasteiger partial charge in [0, 0.05) is 13.1 Å². The standard InChI is InChI=1S/C15H17NO4/c1-2-7-20-15(19)16-6-5-12-8-11(9-14(17)18)3-4-13(12)10-16/h2-4,8H,1,5-7,9-10H2,(H,17,18). The van der Waals surface area contributed by atoms with E-state index in [4.69, 9.17) is 9.84 Å². The second kappa shape index (κ2) is 6.23. The van der Waals surface area contributed by atoms with E-state index in [1.165, 1.54) is 6.08 Å². The van der Waals surface area contributed by atoms with Crippen molar-refractivity contribution in [3.05, 3.63) is 47.5 Å². The van der Waals surface area contributed by atoms with E-state index in [-0.39, 0.29) is 19.1 Å². The average molecular weight is 275 g/mol. The number of ether oxygens (including phenoxy) is 1. The quantitative estimate of drug-likeness (QED) is 0.853. The fourth-order valence-corrected chi connectivity index (χ4v) is 2.27. The highest BCUT2D eigenvalue weighted by Gasteiger charge is 2.21. The van der Waals surface area contributed by atoms with Gasteiger partial charge >= 0.3 is 12.1 Å². The summed E-state index contributed by atoms with van der Waals surface area (Å²) >= 11 is 0. The first-order chi connectivity index (χ1) is 9.60. The summed E-state index contributed by atoms with van der Waals surface area (Å²) in [7, 11) is 0. The lowest BCUT2D eigenvalue weighted by Crippen LogP contribution is -2.36. The van der Waals surface area contributed by atoms with Crippen LogP contribution in [-0.2, 0) is 28.9 Å². The molecule has 0 saturated heterocycles. The van der Waals surface area contributed by atoms with Gasteiger partial charge in [0.1, 0.15) is 6.61 Å². The van der Waals surface area contributed by atoms with Gasteiger partial charge in [-0.05, 0) is 23.1 Å². The van der Waals surface area contributed by atoms with Crippen LogP contribution in [0.2, 0.25) is 0 Å². The Morgan fingerprint density at radius 2 is 2.20 bits per heavy atom. The number of hydrogen-bond acceptors (Lipinski definition) is 3. The lowest BCUT2D eigenvalue weighted by atomic mass is 9.96. The molecule has 1 aromatic rings. The normalized spacial score (nSPS) is 13.5. The van der Waals surface area contributed by atoms with Crippen molar-refractivity contribution in [2.75, 3.05) is 13.2 Å². The maximum absolute atomic E-state index is 11.8. The molecule has 1 amide bonds. The van der Waals surface area contributed by atoms with Crippen LogP contribution in [-0.4, -0.2) is 35.2 Å². The molecule has 0 fully saturated rings. The molecule has 0 bridgehead atoms. The van der Waals surface area contributed by atoms with Crippen molar-refractivity contribution in [2.24, 2.45) is 0 Å². The number of nitrogens with zero attached hydrogens (tertiary/aromatic N) is 1. The molecule has 0 aliphatic carbocycles. The van der Waals surface area contributed by atoms with Crippen molar-refractivity contribution in [3.8, 4) is 0 Å². The highest BCUT2D eigenvalue weighted by atomic mass is 16.6. The molecule has 0 radical (unpaired) electrons. The molecular formula is C15H17NO4. The molecule has 1 N–H and O–H groups in total. The first-order valence-corrected chi connectivity index (χ1v) is 6.45. The summed E-state index contributed by atoms with van der Waals surface area (Å²) in [5, 5.41) is 8.79. The fourth-order valence-electron chi connectivity index (χ4n) is 2.27. The van der Waals surface area contributed by atoms with Gasteiger partial charge in [-0.25, -0.2) is 4.79 Å². The van der Waals surface area contributed by atoms with Crippen LogP contribution in [0.15, 0.2) is 30.9 Å². The molecule has 106 valence electrons. The summed E-state index contributed by atoms with van der Waals surface area (Å²) in [5.74, 6) is -0.838. The number of carbonyl (C=O) groups is 2. The van der Waals surface area contributed by atoms with Crippen LogP contribution < -0.4 is 0 Å². The van der Waals surface area contributed by atoms with Crippen LogP contribution in [0.1, 0.15) is 16.7 Å². The maximum atomic E-state index is 11.8. The Hall–Kier alpha value is -2.30. The van der Waals surface area contributed by atoms with E-state index in [0.29, 0.717) is 19.5 Å². The fraction of sp³-hybridized carbons (Fsp3) is 0.333. The largest absolute Gasteiger partial charge is 0.481 e. The van der Waals surface area contributed by atoms with E-state index < -0.39 is 5.97 Å². The molecular weight excluding hydrogens is 258 g/mol. The average Bonchev–Trinajstić information content (AvgIpc) is 2.43. The van der Waals surface area contributed by atoms with Crippen LogP contribution in [0.4, 0.5) is 4.79 Å². The minimum Gasteiger partial charge on any atom is -0.481 e. The van der Waals surface area contributed by atoms with Crippen LogP contribution in [0.25, 0.3) is 0 Å². The third-order valence-electron chi connectivity index (χ3n) is 3.22. The highest BCUT2D eigenvalue weighted by Crippen LogP contribution is 2.21. The Balaban J connectivity index is 2.05. The number of amides is 1. The van der Waals surface area contributed by atoms with Crippen LogP contribution in [0.3, 0.4) is 0 Å². The molecule has 1 heterocycles. The van der Waals surface area contributed by atoms with Crippen molar-refractivity contribution < 1.29 is 19.4 Å². The van der Waals surface area contributed by atoms with E-state index in [1.807, 2.05) is 12.1 Å². The van der Waals surface area contributed by atoms with Crippen LogP contribution >= 0.6 is 0 Å². The van der Waals surface area contributed by atoms with Gasteiger partial charge in [0.05, 0.1) is 6.42 Å². The molecule has 0 unspecified atom stereocenters. The van der Waals surface area contributed by atoms with E-state index in [2.05, 4.69) is 6.58 Å². The molecule has 0 saturated carbocycles. The lowest BCUT2D eigenvalue weighted by molar-refractivity contribution is -0.136. The topological polar surface area (TPSA) is 66.8 Å². The van der Waals surface area contributed by atoms with Crippen LogP contribution in [0.5, 0.6) is 0 Å². The van der Waals surface area contributed by atoms with Gasteiger partial charge < -0.3 is 14.7 Å². The third-order valence-corrected chi connectivity index (χ3v) is 3.22. The highest BCUT2D eigenvalue weighted by molar-refractivity contribution is 5.70.